The number of nitrogens with one attached hydrogen (secondary N) is 1. The Morgan fingerprint density at radius 3 is 1.23 bits per heavy atom. The Bertz CT molecular complexity index is 913. The van der Waals surface area contributed by atoms with E-state index in [2.05, 4.69) is 33.0 Å². The Balaban J connectivity index is 1.59. The van der Waals surface area contributed by atoms with Gasteiger partial charge in [-0.05, 0) is 83.5 Å². The summed E-state index contributed by atoms with van der Waals surface area (Å²) in [5.41, 5.74) is 0.498. The molecule has 0 aromatic carbocycles. The minimum Gasteiger partial charge on any atom is -0.462 e. The van der Waals surface area contributed by atoms with Crippen LogP contribution >= 0.6 is 0 Å². The van der Waals surface area contributed by atoms with Crippen LogP contribution in [0.4, 0.5) is 0 Å². The highest BCUT2D eigenvalue weighted by Gasteiger charge is 2.49. The summed E-state index contributed by atoms with van der Waals surface area (Å²) in [6.45, 7) is 10.9. The third-order valence-electron chi connectivity index (χ3n) is 13.2. The summed E-state index contributed by atoms with van der Waals surface area (Å²) in [5.74, 6) is 0.0543. The average molecular weight is 804 g/mol. The van der Waals surface area contributed by atoms with Gasteiger partial charge in [-0.15, -0.1) is 0 Å². The summed E-state index contributed by atoms with van der Waals surface area (Å²) in [7, 11) is 0. The Kier molecular flexibility index (Phi) is 32.5. The van der Waals surface area contributed by atoms with Gasteiger partial charge in [0.2, 0.25) is 0 Å². The van der Waals surface area contributed by atoms with Gasteiger partial charge in [-0.3, -0.25) is 9.59 Å². The van der Waals surface area contributed by atoms with Crippen molar-refractivity contribution in [1.29, 1.82) is 0 Å². The van der Waals surface area contributed by atoms with Gasteiger partial charge in [0.05, 0.1) is 13.2 Å². The molecule has 0 bridgehead atoms. The first-order valence-corrected chi connectivity index (χ1v) is 25.7. The van der Waals surface area contributed by atoms with Crippen LogP contribution < -0.4 is 5.32 Å². The molecule has 1 aliphatic carbocycles. The van der Waals surface area contributed by atoms with Gasteiger partial charge in [0.1, 0.15) is 12.2 Å². The van der Waals surface area contributed by atoms with Crippen molar-refractivity contribution in [1.82, 2.24) is 5.32 Å². The van der Waals surface area contributed by atoms with Gasteiger partial charge in [0.25, 0.3) is 0 Å². The molecule has 6 nitrogen and oxygen atoms in total. The van der Waals surface area contributed by atoms with E-state index < -0.39 is 0 Å². The number of hydrogen-bond acceptors (Lipinski definition) is 6. The highest BCUT2D eigenvalue weighted by Crippen LogP contribution is 2.47. The van der Waals surface area contributed by atoms with Crippen LogP contribution in [0.25, 0.3) is 0 Å². The third-order valence-corrected chi connectivity index (χ3v) is 13.2. The molecular weight excluding hydrogens is 707 g/mol. The van der Waals surface area contributed by atoms with Crippen LogP contribution in [0.1, 0.15) is 272 Å². The van der Waals surface area contributed by atoms with E-state index >= 15 is 0 Å². The van der Waals surface area contributed by atoms with Crippen LogP contribution in [-0.2, 0) is 23.8 Å². The van der Waals surface area contributed by atoms with E-state index in [1.807, 2.05) is 0 Å². The standard InChI is InChI=1S/C51H97NO5/c1-5-9-12-15-22-29-36-47(8-4)56-49(53)39-32-25-18-20-27-34-45(52-46-41-51(42-46)43-55-44-51)35-28-21-19-26-33-40-50(54)57-48(37-30-23-16-13-10-6-2)38-31-24-17-14-11-7-3/h45-48,52H,5-44H2,1-4H3. The fourth-order valence-corrected chi connectivity index (χ4v) is 9.31. The monoisotopic (exact) mass is 804 g/mol. The van der Waals surface area contributed by atoms with E-state index in [9.17, 15) is 9.59 Å². The van der Waals surface area contributed by atoms with E-state index in [-0.39, 0.29) is 24.1 Å². The summed E-state index contributed by atoms with van der Waals surface area (Å²) in [6, 6.07) is 1.26. The Morgan fingerprint density at radius 2 is 0.842 bits per heavy atom. The molecule has 6 heteroatoms. The molecule has 0 radical (unpaired) electrons. The molecule has 2 fully saturated rings. The van der Waals surface area contributed by atoms with Crippen molar-refractivity contribution in [2.24, 2.45) is 5.41 Å². The lowest BCUT2D eigenvalue weighted by Gasteiger charge is -2.54. The van der Waals surface area contributed by atoms with Crippen LogP contribution in [0, 0.1) is 5.41 Å². The predicted molar refractivity (Wildman–Crippen MR) is 242 cm³/mol. The molecule has 0 aromatic heterocycles. The quantitative estimate of drug-likeness (QED) is 0.0489. The minimum atomic E-state index is 0.0124. The summed E-state index contributed by atoms with van der Waals surface area (Å²) >= 11 is 0. The molecule has 1 spiro atoms. The lowest BCUT2D eigenvalue weighted by atomic mass is 9.64. The molecule has 2 rings (SSSR count). The maximum absolute atomic E-state index is 12.9. The fourth-order valence-electron chi connectivity index (χ4n) is 9.31. The zero-order chi connectivity index (χ0) is 41.1. The second-order valence-corrected chi connectivity index (χ2v) is 18.9. The summed E-state index contributed by atoms with van der Waals surface area (Å²) in [6.07, 6.45) is 45.4. The molecule has 1 saturated heterocycles. The predicted octanol–water partition coefficient (Wildman–Crippen LogP) is 15.1. The largest absolute Gasteiger partial charge is 0.462 e. The highest BCUT2D eigenvalue weighted by molar-refractivity contribution is 5.69. The molecule has 1 saturated carbocycles. The third kappa shape index (κ3) is 27.4. The summed E-state index contributed by atoms with van der Waals surface area (Å²) in [5, 5.41) is 4.06. The molecule has 1 N–H and O–H groups in total. The maximum atomic E-state index is 12.9. The lowest BCUT2D eigenvalue weighted by Crippen LogP contribution is -2.60. The second-order valence-electron chi connectivity index (χ2n) is 18.9. The average Bonchev–Trinajstić information content (AvgIpc) is 3.17. The topological polar surface area (TPSA) is 73.9 Å². The normalized spacial score (nSPS) is 16.1. The summed E-state index contributed by atoms with van der Waals surface area (Å²) < 4.78 is 17.5. The van der Waals surface area contributed by atoms with Crippen LogP contribution in [0.2, 0.25) is 0 Å². The van der Waals surface area contributed by atoms with Crippen molar-refractivity contribution in [3.63, 3.8) is 0 Å². The molecule has 57 heavy (non-hydrogen) atoms. The zero-order valence-electron chi connectivity index (χ0n) is 38.6. The number of esters is 2. The molecule has 2 unspecified atom stereocenters. The first-order valence-electron chi connectivity index (χ1n) is 25.7. The summed E-state index contributed by atoms with van der Waals surface area (Å²) in [4.78, 5) is 25.3. The number of carbonyl (C=O) groups excluding carboxylic acids is 2. The van der Waals surface area contributed by atoms with Crippen molar-refractivity contribution >= 4 is 11.9 Å². The molecule has 0 amide bonds. The van der Waals surface area contributed by atoms with E-state index in [0.29, 0.717) is 30.3 Å². The van der Waals surface area contributed by atoms with Crippen molar-refractivity contribution in [2.75, 3.05) is 13.2 Å². The Labute approximate surface area is 354 Å². The number of unbranched alkanes of at least 4 members (excludes halogenated alkanes) is 23. The van der Waals surface area contributed by atoms with E-state index in [0.717, 1.165) is 64.6 Å². The van der Waals surface area contributed by atoms with Crippen LogP contribution in [0.5, 0.6) is 0 Å². The smallest absolute Gasteiger partial charge is 0.306 e. The molecule has 2 atom stereocenters. The van der Waals surface area contributed by atoms with E-state index in [1.165, 1.54) is 180 Å². The van der Waals surface area contributed by atoms with Crippen molar-refractivity contribution in [3.8, 4) is 0 Å². The van der Waals surface area contributed by atoms with Gasteiger partial charge in [-0.1, -0.05) is 175 Å². The number of rotatable bonds is 42. The zero-order valence-corrected chi connectivity index (χ0v) is 38.6. The molecular formula is C51H97NO5. The van der Waals surface area contributed by atoms with Crippen LogP contribution in [0.15, 0.2) is 0 Å². The van der Waals surface area contributed by atoms with Gasteiger partial charge >= 0.3 is 11.9 Å². The molecule has 0 aromatic rings. The van der Waals surface area contributed by atoms with Crippen LogP contribution in [-0.4, -0.2) is 49.4 Å². The molecule has 1 heterocycles. The maximum Gasteiger partial charge on any atom is 0.306 e. The van der Waals surface area contributed by atoms with Crippen molar-refractivity contribution in [3.05, 3.63) is 0 Å². The number of ether oxygens (including phenoxy) is 3. The van der Waals surface area contributed by atoms with E-state index in [1.54, 1.807) is 0 Å². The fraction of sp³-hybridized carbons (Fsp3) is 0.961. The lowest BCUT2D eigenvalue weighted by molar-refractivity contribution is -0.168. The van der Waals surface area contributed by atoms with Crippen molar-refractivity contribution < 1.29 is 23.8 Å². The molecule has 2 aliphatic rings. The van der Waals surface area contributed by atoms with Gasteiger partial charge in [0, 0.05) is 30.3 Å². The molecule has 336 valence electrons. The SMILES string of the molecule is CCCCCCCCC(CC)OC(=O)CCCCCCCC(CCCCCCCC(=O)OC(CCCCCCCC)CCCCCCCC)NC1CC2(COC2)C1. The highest BCUT2D eigenvalue weighted by atomic mass is 16.5. The van der Waals surface area contributed by atoms with Crippen molar-refractivity contribution in [2.45, 2.75) is 296 Å². The minimum absolute atomic E-state index is 0.0124. The molecule has 1 aliphatic heterocycles. The van der Waals surface area contributed by atoms with Gasteiger partial charge in [-0.25, -0.2) is 0 Å². The second kappa shape index (κ2) is 35.6. The van der Waals surface area contributed by atoms with Gasteiger partial charge in [-0.2, -0.15) is 0 Å². The number of carbonyl (C=O) groups is 2. The first-order chi connectivity index (χ1) is 27.9. The number of hydrogen-bond donors (Lipinski definition) is 1. The van der Waals surface area contributed by atoms with Gasteiger partial charge < -0.3 is 19.5 Å². The Hall–Kier alpha value is -1.14. The first kappa shape index (κ1) is 52.0. The Morgan fingerprint density at radius 1 is 0.491 bits per heavy atom. The van der Waals surface area contributed by atoms with Gasteiger partial charge in [0.15, 0.2) is 0 Å². The van der Waals surface area contributed by atoms with E-state index in [4.69, 9.17) is 14.2 Å². The van der Waals surface area contributed by atoms with Crippen LogP contribution in [0.3, 0.4) is 0 Å².